The van der Waals surface area contributed by atoms with Gasteiger partial charge in [0.05, 0.1) is 11.3 Å². The molecule has 6 rings (SSSR count). The molecule has 6 heteroatoms. The first-order valence-corrected chi connectivity index (χ1v) is 10.1. The number of carbonyl (C=O) groups excluding carboxylic acids is 1. The van der Waals surface area contributed by atoms with E-state index in [0.717, 1.165) is 16.7 Å². The highest BCUT2D eigenvalue weighted by molar-refractivity contribution is 6.14. The second kappa shape index (κ2) is 6.99. The molecular weight excluding hydrogens is 404 g/mol. The molecule has 3 heterocycles. The number of hydrogen-bond donors (Lipinski definition) is 1. The first-order valence-electron chi connectivity index (χ1n) is 10.1. The lowest BCUT2D eigenvalue weighted by atomic mass is 10.1. The van der Waals surface area contributed by atoms with Crippen molar-refractivity contribution in [2.45, 2.75) is 0 Å². The van der Waals surface area contributed by atoms with Crippen LogP contribution in [-0.2, 0) is 0 Å². The van der Waals surface area contributed by atoms with E-state index in [1.54, 1.807) is 16.8 Å². The fourth-order valence-corrected chi connectivity index (χ4v) is 3.81. The zero-order valence-corrected chi connectivity index (χ0v) is 16.7. The maximum atomic E-state index is 12.9. The average Bonchev–Trinajstić information content (AvgIpc) is 3.50. The van der Waals surface area contributed by atoms with Crippen molar-refractivity contribution in [2.24, 2.45) is 0 Å². The molecule has 3 aromatic carbocycles. The van der Waals surface area contributed by atoms with Gasteiger partial charge in [0.2, 0.25) is 5.78 Å². The van der Waals surface area contributed by atoms with Crippen LogP contribution in [0.4, 0.5) is 0 Å². The number of phenols is 1. The summed E-state index contributed by atoms with van der Waals surface area (Å²) >= 11 is 0. The molecule has 0 saturated heterocycles. The van der Waals surface area contributed by atoms with Crippen LogP contribution in [-0.4, -0.2) is 20.7 Å². The average molecular weight is 420 g/mol. The lowest BCUT2D eigenvalue weighted by Crippen LogP contribution is -1.98. The van der Waals surface area contributed by atoms with Gasteiger partial charge in [-0.2, -0.15) is 5.10 Å². The van der Waals surface area contributed by atoms with Crippen LogP contribution >= 0.6 is 0 Å². The Morgan fingerprint density at radius 2 is 1.75 bits per heavy atom. The summed E-state index contributed by atoms with van der Waals surface area (Å²) in [4.78, 5) is 12.9. The van der Waals surface area contributed by atoms with E-state index in [4.69, 9.17) is 14.3 Å². The van der Waals surface area contributed by atoms with Gasteiger partial charge in [-0.25, -0.2) is 4.68 Å². The fourth-order valence-electron chi connectivity index (χ4n) is 3.81. The molecule has 0 amide bonds. The molecule has 0 saturated carbocycles. The van der Waals surface area contributed by atoms with E-state index >= 15 is 0 Å². The number of nitrogens with zero attached hydrogens (tertiary/aromatic N) is 2. The Bertz CT molecular complexity index is 1490. The van der Waals surface area contributed by atoms with Gasteiger partial charge in [-0.3, -0.25) is 4.79 Å². The van der Waals surface area contributed by atoms with Crippen LogP contribution in [0.25, 0.3) is 34.2 Å². The van der Waals surface area contributed by atoms with Crippen molar-refractivity contribution in [2.75, 3.05) is 0 Å². The number of para-hydroxylation sites is 2. The number of phenolic OH excluding ortho intramolecular Hbond substituents is 1. The smallest absolute Gasteiger partial charge is 0.231 e. The topological polar surface area (TPSA) is 77.5 Å². The molecule has 32 heavy (non-hydrogen) atoms. The SMILES string of the molecule is O=C1C(=Cc2cn(-c3ccccc3)nc2-c2cc3ccccc3o2)Oc2cc(O)ccc21. The minimum Gasteiger partial charge on any atom is -0.508 e. The Balaban J connectivity index is 1.50. The summed E-state index contributed by atoms with van der Waals surface area (Å²) in [5.74, 6) is 0.881. The number of fused-ring (bicyclic) bond motifs is 2. The number of furan rings is 1. The van der Waals surface area contributed by atoms with E-state index < -0.39 is 0 Å². The molecule has 0 aliphatic carbocycles. The van der Waals surface area contributed by atoms with E-state index in [9.17, 15) is 9.90 Å². The van der Waals surface area contributed by atoms with Gasteiger partial charge in [0.25, 0.3) is 0 Å². The molecule has 0 bridgehead atoms. The number of aromatic hydroxyl groups is 1. The van der Waals surface area contributed by atoms with Gasteiger partial charge in [0, 0.05) is 23.2 Å². The standard InChI is InChI=1S/C26H16N2O4/c29-19-10-11-20-22(14-19)32-24(26(20)30)13-17-15-28(18-7-2-1-3-8-18)27-25(17)23-12-16-6-4-5-9-21(16)31-23/h1-15,29H. The highest BCUT2D eigenvalue weighted by Gasteiger charge is 2.28. The third kappa shape index (κ3) is 2.97. The van der Waals surface area contributed by atoms with Crippen LogP contribution < -0.4 is 4.74 Å². The molecule has 0 atom stereocenters. The van der Waals surface area contributed by atoms with Gasteiger partial charge in [-0.1, -0.05) is 36.4 Å². The molecule has 0 radical (unpaired) electrons. The predicted octanol–water partition coefficient (Wildman–Crippen LogP) is 5.61. The predicted molar refractivity (Wildman–Crippen MR) is 120 cm³/mol. The van der Waals surface area contributed by atoms with Crippen molar-refractivity contribution < 1.29 is 19.1 Å². The zero-order chi connectivity index (χ0) is 21.7. The van der Waals surface area contributed by atoms with Crippen LogP contribution in [0.15, 0.2) is 95.2 Å². The second-order valence-corrected chi connectivity index (χ2v) is 7.48. The van der Waals surface area contributed by atoms with Crippen LogP contribution in [0.5, 0.6) is 11.5 Å². The van der Waals surface area contributed by atoms with Crippen molar-refractivity contribution in [3.63, 3.8) is 0 Å². The number of hydrogen-bond acceptors (Lipinski definition) is 5. The first-order chi connectivity index (χ1) is 15.7. The maximum absolute atomic E-state index is 12.9. The van der Waals surface area contributed by atoms with Crippen LogP contribution in [0.3, 0.4) is 0 Å². The Kier molecular flexibility index (Phi) is 3.98. The van der Waals surface area contributed by atoms with Crippen molar-refractivity contribution in [1.29, 1.82) is 0 Å². The Labute approximate surface area is 182 Å². The summed E-state index contributed by atoms with van der Waals surface area (Å²) in [6, 6.07) is 23.8. The zero-order valence-electron chi connectivity index (χ0n) is 16.7. The number of carbonyl (C=O) groups is 1. The third-order valence-corrected chi connectivity index (χ3v) is 5.36. The lowest BCUT2D eigenvalue weighted by Gasteiger charge is -1.99. The number of ketones is 1. The maximum Gasteiger partial charge on any atom is 0.231 e. The number of rotatable bonds is 3. The monoisotopic (exact) mass is 420 g/mol. The Morgan fingerprint density at radius 1 is 0.938 bits per heavy atom. The molecule has 1 aliphatic rings. The molecule has 0 fully saturated rings. The summed E-state index contributed by atoms with van der Waals surface area (Å²) < 4.78 is 13.5. The minimum absolute atomic E-state index is 0.0395. The third-order valence-electron chi connectivity index (χ3n) is 5.36. The molecule has 1 N–H and O–H groups in total. The normalized spacial score (nSPS) is 14.1. The van der Waals surface area contributed by atoms with Crippen LogP contribution in [0.1, 0.15) is 15.9 Å². The van der Waals surface area contributed by atoms with Crippen molar-refractivity contribution >= 4 is 22.8 Å². The first kappa shape index (κ1) is 18.2. The molecular formula is C26H16N2O4. The van der Waals surface area contributed by atoms with Gasteiger partial charge in [0.15, 0.2) is 11.5 Å². The Morgan fingerprint density at radius 3 is 2.59 bits per heavy atom. The summed E-state index contributed by atoms with van der Waals surface area (Å²) in [6.45, 7) is 0. The van der Waals surface area contributed by atoms with Crippen molar-refractivity contribution in [1.82, 2.24) is 9.78 Å². The second-order valence-electron chi connectivity index (χ2n) is 7.48. The molecule has 154 valence electrons. The number of allylic oxidation sites excluding steroid dienone is 1. The summed E-state index contributed by atoms with van der Waals surface area (Å²) in [5.41, 5.74) is 3.31. The quantitative estimate of drug-likeness (QED) is 0.384. The van der Waals surface area contributed by atoms with Gasteiger partial charge in [0.1, 0.15) is 22.8 Å². The van der Waals surface area contributed by atoms with Crippen molar-refractivity contribution in [3.05, 3.63) is 102 Å². The summed E-state index contributed by atoms with van der Waals surface area (Å²) in [5, 5.41) is 15.4. The van der Waals surface area contributed by atoms with E-state index in [1.165, 1.54) is 12.1 Å². The van der Waals surface area contributed by atoms with E-state index in [-0.39, 0.29) is 17.3 Å². The van der Waals surface area contributed by atoms with E-state index in [1.807, 2.05) is 66.9 Å². The molecule has 1 aliphatic heterocycles. The Hall–Kier alpha value is -4.58. The molecule has 2 aromatic heterocycles. The summed E-state index contributed by atoms with van der Waals surface area (Å²) in [6.07, 6.45) is 3.50. The number of ether oxygens (including phenoxy) is 1. The molecule has 0 unspecified atom stereocenters. The number of Topliss-reactive ketones (excluding diaryl/α,β-unsaturated/α-hetero) is 1. The van der Waals surface area contributed by atoms with Gasteiger partial charge >= 0.3 is 0 Å². The molecule has 5 aromatic rings. The fraction of sp³-hybridized carbons (Fsp3) is 0. The molecule has 0 spiro atoms. The van der Waals surface area contributed by atoms with Gasteiger partial charge in [-0.15, -0.1) is 0 Å². The van der Waals surface area contributed by atoms with E-state index in [0.29, 0.717) is 28.3 Å². The van der Waals surface area contributed by atoms with E-state index in [2.05, 4.69) is 0 Å². The number of benzene rings is 3. The lowest BCUT2D eigenvalue weighted by molar-refractivity contribution is 0.101. The number of aromatic nitrogens is 2. The van der Waals surface area contributed by atoms with Gasteiger partial charge in [-0.05, 0) is 42.5 Å². The summed E-state index contributed by atoms with van der Waals surface area (Å²) in [7, 11) is 0. The highest BCUT2D eigenvalue weighted by atomic mass is 16.5. The van der Waals surface area contributed by atoms with Crippen LogP contribution in [0, 0.1) is 0 Å². The van der Waals surface area contributed by atoms with Crippen molar-refractivity contribution in [3.8, 4) is 28.6 Å². The highest BCUT2D eigenvalue weighted by Crippen LogP contribution is 2.36. The van der Waals surface area contributed by atoms with Crippen LogP contribution in [0.2, 0.25) is 0 Å². The minimum atomic E-state index is -0.247. The largest absolute Gasteiger partial charge is 0.508 e. The van der Waals surface area contributed by atoms with Gasteiger partial charge < -0.3 is 14.3 Å². The molecule has 6 nitrogen and oxygen atoms in total.